The van der Waals surface area contributed by atoms with Crippen LogP contribution < -0.4 is 15.6 Å². The number of aromatic carboxylic acids is 1. The van der Waals surface area contributed by atoms with E-state index in [0.29, 0.717) is 0 Å². The number of rotatable bonds is 5. The van der Waals surface area contributed by atoms with Crippen molar-refractivity contribution in [1.29, 1.82) is 0 Å². The Labute approximate surface area is 164 Å². The molecule has 0 radical (unpaired) electrons. The first-order valence-corrected chi connectivity index (χ1v) is 8.26. The van der Waals surface area contributed by atoms with Gasteiger partial charge in [-0.15, -0.1) is 0 Å². The van der Waals surface area contributed by atoms with Crippen LogP contribution in [0.5, 0.6) is 11.5 Å². The normalized spacial score (nSPS) is 10.0. The highest BCUT2D eigenvalue weighted by Crippen LogP contribution is 2.10. The minimum atomic E-state index is -1.29. The molecular weight excluding hydrogens is 384 g/mol. The summed E-state index contributed by atoms with van der Waals surface area (Å²) in [5.74, 6) is -2.01. The van der Waals surface area contributed by atoms with Crippen LogP contribution in [0.25, 0.3) is 0 Å². The topological polar surface area (TPSA) is 147 Å². The van der Waals surface area contributed by atoms with Crippen molar-refractivity contribution < 1.29 is 33.7 Å². The fourth-order valence-electron chi connectivity index (χ4n) is 1.99. The SMILES string of the molecule is Cc1ccc(COc2coc(C(=O)O)cc2=O)cc1.O=c1cc(CO)occ1O. The van der Waals surface area contributed by atoms with E-state index in [4.69, 9.17) is 24.5 Å². The number of carbonyl (C=O) groups is 1. The van der Waals surface area contributed by atoms with E-state index >= 15 is 0 Å². The third kappa shape index (κ3) is 6.36. The van der Waals surface area contributed by atoms with Crippen LogP contribution in [-0.4, -0.2) is 21.3 Å². The fraction of sp³-hybridized carbons (Fsp3) is 0.150. The number of hydrogen-bond acceptors (Lipinski definition) is 8. The zero-order valence-corrected chi connectivity index (χ0v) is 15.3. The number of aliphatic hydroxyl groups is 1. The molecule has 9 nitrogen and oxygen atoms in total. The summed E-state index contributed by atoms with van der Waals surface area (Å²) in [6.07, 6.45) is 1.91. The van der Waals surface area contributed by atoms with Crippen LogP contribution in [0.1, 0.15) is 27.4 Å². The highest BCUT2D eigenvalue weighted by molar-refractivity contribution is 5.84. The molecule has 3 aromatic rings. The number of aryl methyl sites for hydroxylation is 1. The lowest BCUT2D eigenvalue weighted by Gasteiger charge is -2.05. The average molecular weight is 402 g/mol. The summed E-state index contributed by atoms with van der Waals surface area (Å²) >= 11 is 0. The van der Waals surface area contributed by atoms with E-state index in [1.54, 1.807) is 0 Å². The molecule has 0 aliphatic carbocycles. The van der Waals surface area contributed by atoms with Gasteiger partial charge in [-0.05, 0) is 12.5 Å². The second-order valence-electron chi connectivity index (χ2n) is 5.81. The number of hydrogen-bond donors (Lipinski definition) is 3. The van der Waals surface area contributed by atoms with Gasteiger partial charge in [0, 0.05) is 12.1 Å². The van der Waals surface area contributed by atoms with Gasteiger partial charge in [-0.1, -0.05) is 29.8 Å². The van der Waals surface area contributed by atoms with Gasteiger partial charge in [0.1, 0.15) is 31.5 Å². The second-order valence-corrected chi connectivity index (χ2v) is 5.81. The lowest BCUT2D eigenvalue weighted by molar-refractivity contribution is 0.0658. The van der Waals surface area contributed by atoms with E-state index in [2.05, 4.69) is 4.42 Å². The first kappa shape index (κ1) is 21.5. The van der Waals surface area contributed by atoms with Crippen LogP contribution in [0.2, 0.25) is 0 Å². The van der Waals surface area contributed by atoms with Crippen molar-refractivity contribution in [2.45, 2.75) is 20.1 Å². The summed E-state index contributed by atoms with van der Waals surface area (Å²) in [6.45, 7) is 1.86. The molecule has 1 aromatic carbocycles. The fourth-order valence-corrected chi connectivity index (χ4v) is 1.99. The molecule has 0 spiro atoms. The molecule has 0 unspecified atom stereocenters. The van der Waals surface area contributed by atoms with Gasteiger partial charge in [-0.25, -0.2) is 4.79 Å². The molecule has 0 saturated heterocycles. The quantitative estimate of drug-likeness (QED) is 0.583. The number of carboxylic acid groups (broad SMARTS) is 1. The largest absolute Gasteiger partial charge is 0.502 e. The number of ether oxygens (including phenoxy) is 1. The van der Waals surface area contributed by atoms with Crippen molar-refractivity contribution in [2.75, 3.05) is 0 Å². The van der Waals surface area contributed by atoms with Crippen molar-refractivity contribution in [2.24, 2.45) is 0 Å². The molecule has 2 heterocycles. The molecule has 3 N–H and O–H groups in total. The van der Waals surface area contributed by atoms with Crippen LogP contribution in [0.4, 0.5) is 0 Å². The summed E-state index contributed by atoms with van der Waals surface area (Å²) in [6, 6.07) is 9.59. The Balaban J connectivity index is 0.000000253. The summed E-state index contributed by atoms with van der Waals surface area (Å²) in [4.78, 5) is 32.8. The van der Waals surface area contributed by atoms with Crippen LogP contribution in [0.15, 0.2) is 67.3 Å². The molecule has 152 valence electrons. The molecule has 2 aromatic heterocycles. The van der Waals surface area contributed by atoms with Crippen LogP contribution >= 0.6 is 0 Å². The third-order valence-electron chi connectivity index (χ3n) is 3.55. The van der Waals surface area contributed by atoms with Crippen molar-refractivity contribution in [3.63, 3.8) is 0 Å². The Hall–Kier alpha value is -3.85. The zero-order chi connectivity index (χ0) is 21.4. The highest BCUT2D eigenvalue weighted by atomic mass is 16.5. The van der Waals surface area contributed by atoms with Gasteiger partial charge in [0.25, 0.3) is 0 Å². The Morgan fingerprint density at radius 1 is 1.03 bits per heavy atom. The van der Waals surface area contributed by atoms with Gasteiger partial charge in [0.2, 0.25) is 22.4 Å². The van der Waals surface area contributed by atoms with Crippen molar-refractivity contribution in [1.82, 2.24) is 0 Å². The summed E-state index contributed by atoms with van der Waals surface area (Å²) in [5, 5.41) is 25.8. The van der Waals surface area contributed by atoms with E-state index in [0.717, 1.165) is 35.8 Å². The molecule has 0 bridgehead atoms. The van der Waals surface area contributed by atoms with Gasteiger partial charge in [0.05, 0.1) is 0 Å². The molecule has 0 aliphatic heterocycles. The predicted molar refractivity (Wildman–Crippen MR) is 100 cm³/mol. The Morgan fingerprint density at radius 3 is 2.28 bits per heavy atom. The first-order valence-electron chi connectivity index (χ1n) is 8.26. The van der Waals surface area contributed by atoms with Crippen molar-refractivity contribution in [3.8, 4) is 11.5 Å². The molecule has 29 heavy (non-hydrogen) atoms. The average Bonchev–Trinajstić information content (AvgIpc) is 2.70. The lowest BCUT2D eigenvalue weighted by atomic mass is 10.2. The molecule has 0 saturated carbocycles. The highest BCUT2D eigenvalue weighted by Gasteiger charge is 2.10. The Kier molecular flexibility index (Phi) is 7.33. The molecule has 3 rings (SSSR count). The minimum absolute atomic E-state index is 0.00873. The minimum Gasteiger partial charge on any atom is -0.502 e. The van der Waals surface area contributed by atoms with Crippen molar-refractivity contribution >= 4 is 5.97 Å². The second kappa shape index (κ2) is 9.90. The van der Waals surface area contributed by atoms with Crippen LogP contribution in [-0.2, 0) is 13.2 Å². The van der Waals surface area contributed by atoms with E-state index in [1.165, 1.54) is 0 Å². The molecule has 0 atom stereocenters. The number of aliphatic hydroxyl groups excluding tert-OH is 1. The van der Waals surface area contributed by atoms with Crippen molar-refractivity contribution in [3.05, 3.63) is 92.0 Å². The summed E-state index contributed by atoms with van der Waals surface area (Å²) in [7, 11) is 0. The van der Waals surface area contributed by atoms with Crippen LogP contribution in [0, 0.1) is 6.92 Å². The molecule has 9 heteroatoms. The standard InChI is InChI=1S/C14H12O5.C6H6O4/c1-9-2-4-10(5-3-9)7-18-13-8-19-12(14(16)17)6-11(13)15;7-2-4-1-5(8)6(9)3-10-4/h2-6,8H,7H2,1H3,(H,16,17);1,3,7,9H,2H2. The lowest BCUT2D eigenvalue weighted by Crippen LogP contribution is -2.10. The predicted octanol–water partition coefficient (Wildman–Crippen LogP) is 2.06. The van der Waals surface area contributed by atoms with Gasteiger partial charge in [-0.3, -0.25) is 9.59 Å². The van der Waals surface area contributed by atoms with Gasteiger partial charge in [0.15, 0.2) is 5.75 Å². The maximum absolute atomic E-state index is 11.6. The third-order valence-corrected chi connectivity index (χ3v) is 3.55. The first-order chi connectivity index (χ1) is 13.8. The maximum atomic E-state index is 11.6. The molecular formula is C20H18O9. The van der Waals surface area contributed by atoms with Gasteiger partial charge >= 0.3 is 5.97 Å². The monoisotopic (exact) mass is 402 g/mol. The van der Waals surface area contributed by atoms with Gasteiger partial charge < -0.3 is 28.9 Å². The zero-order valence-electron chi connectivity index (χ0n) is 15.3. The summed E-state index contributed by atoms with van der Waals surface area (Å²) < 4.78 is 14.7. The van der Waals surface area contributed by atoms with E-state index in [9.17, 15) is 14.4 Å². The Morgan fingerprint density at radius 2 is 1.72 bits per heavy atom. The van der Waals surface area contributed by atoms with E-state index in [1.807, 2.05) is 31.2 Å². The Bertz CT molecular complexity index is 1080. The maximum Gasteiger partial charge on any atom is 0.371 e. The molecule has 0 aliphatic rings. The van der Waals surface area contributed by atoms with E-state index < -0.39 is 28.3 Å². The number of aromatic hydroxyl groups is 1. The number of benzene rings is 1. The summed E-state index contributed by atoms with van der Waals surface area (Å²) in [5.41, 5.74) is 0.979. The smallest absolute Gasteiger partial charge is 0.371 e. The number of carboxylic acids is 1. The van der Waals surface area contributed by atoms with Crippen LogP contribution in [0.3, 0.4) is 0 Å². The molecule has 0 fully saturated rings. The van der Waals surface area contributed by atoms with E-state index in [-0.39, 0.29) is 24.7 Å². The molecule has 0 amide bonds. The van der Waals surface area contributed by atoms with Gasteiger partial charge in [-0.2, -0.15) is 0 Å².